The second-order valence-electron chi connectivity index (χ2n) is 5.37. The molecule has 1 aromatic carbocycles. The number of hydrogen-bond donors (Lipinski definition) is 1. The van der Waals surface area contributed by atoms with Crippen LogP contribution in [0, 0.1) is 0 Å². The first-order valence-electron chi connectivity index (χ1n) is 7.45. The molecule has 2 rings (SSSR count). The third kappa shape index (κ3) is 5.85. The predicted octanol–water partition coefficient (Wildman–Crippen LogP) is 1.77. The normalized spacial score (nSPS) is 18.9. The van der Waals surface area contributed by atoms with Crippen molar-refractivity contribution in [3.63, 3.8) is 0 Å². The van der Waals surface area contributed by atoms with Crippen LogP contribution in [-0.4, -0.2) is 44.3 Å². The van der Waals surface area contributed by atoms with Crippen LogP contribution in [0.25, 0.3) is 0 Å². The average Bonchev–Trinajstić information content (AvgIpc) is 2.48. The van der Waals surface area contributed by atoms with Gasteiger partial charge in [-0.05, 0) is 24.8 Å². The summed E-state index contributed by atoms with van der Waals surface area (Å²) in [6.45, 7) is 1.68. The maximum atomic E-state index is 12.6. The quantitative estimate of drug-likeness (QED) is 0.815. The van der Waals surface area contributed by atoms with Crippen molar-refractivity contribution in [3.8, 4) is 0 Å². The Kier molecular flexibility index (Phi) is 8.35. The molecule has 126 valence electrons. The summed E-state index contributed by atoms with van der Waals surface area (Å²) in [6, 6.07) is 9.59. The molecule has 5 nitrogen and oxygen atoms in total. The number of rotatable bonds is 7. The molecule has 0 aromatic heterocycles. The molecule has 0 aliphatic carbocycles. The van der Waals surface area contributed by atoms with Gasteiger partial charge in [0.05, 0.1) is 11.9 Å². The van der Waals surface area contributed by atoms with E-state index in [0.717, 1.165) is 24.8 Å². The lowest BCUT2D eigenvalue weighted by Crippen LogP contribution is -2.40. The molecule has 0 amide bonds. The molecule has 7 heteroatoms. The predicted molar refractivity (Wildman–Crippen MR) is 90.5 cm³/mol. The van der Waals surface area contributed by atoms with E-state index >= 15 is 0 Å². The Morgan fingerprint density at radius 3 is 2.55 bits per heavy atom. The molecule has 1 fully saturated rings. The first-order chi connectivity index (χ1) is 10.1. The molecule has 0 radical (unpaired) electrons. The first-order valence-corrected chi connectivity index (χ1v) is 9.06. The second-order valence-corrected chi connectivity index (χ2v) is 7.39. The van der Waals surface area contributed by atoms with E-state index < -0.39 is 10.0 Å². The van der Waals surface area contributed by atoms with Crippen molar-refractivity contribution in [2.75, 3.05) is 25.4 Å². The van der Waals surface area contributed by atoms with Crippen molar-refractivity contribution < 1.29 is 13.2 Å². The molecular weight excluding hydrogens is 324 g/mol. The number of sulfonamides is 1. The molecule has 1 aliphatic heterocycles. The fourth-order valence-electron chi connectivity index (χ4n) is 2.53. The first kappa shape index (κ1) is 19.4. The second kappa shape index (κ2) is 9.47. The van der Waals surface area contributed by atoms with Crippen LogP contribution >= 0.6 is 12.4 Å². The van der Waals surface area contributed by atoms with Crippen molar-refractivity contribution >= 4 is 22.4 Å². The Morgan fingerprint density at radius 2 is 1.95 bits per heavy atom. The van der Waals surface area contributed by atoms with Gasteiger partial charge >= 0.3 is 0 Å². The van der Waals surface area contributed by atoms with Gasteiger partial charge in [0.2, 0.25) is 10.0 Å². The van der Waals surface area contributed by atoms with Crippen LogP contribution in [0.3, 0.4) is 0 Å². The summed E-state index contributed by atoms with van der Waals surface area (Å²) in [6.07, 6.45) is 2.70. The molecule has 1 heterocycles. The SMILES string of the molecule is Cl.NCCN(Cc1ccccc1)S(=O)(=O)CC1CCCCO1. The monoisotopic (exact) mass is 348 g/mol. The van der Waals surface area contributed by atoms with Gasteiger partial charge in [0.25, 0.3) is 0 Å². The zero-order chi connectivity index (χ0) is 15.1. The molecule has 0 bridgehead atoms. The van der Waals surface area contributed by atoms with Crippen LogP contribution in [0.5, 0.6) is 0 Å². The highest BCUT2D eigenvalue weighted by Crippen LogP contribution is 2.17. The number of ether oxygens (including phenoxy) is 1. The fourth-order valence-corrected chi connectivity index (χ4v) is 4.20. The van der Waals surface area contributed by atoms with E-state index in [9.17, 15) is 8.42 Å². The van der Waals surface area contributed by atoms with E-state index in [1.807, 2.05) is 30.3 Å². The minimum absolute atomic E-state index is 0. The standard InChI is InChI=1S/C15H24N2O3S.ClH/c16-9-10-17(12-14-6-2-1-3-7-14)21(18,19)13-15-8-4-5-11-20-15;/h1-3,6-7,15H,4-5,8-13,16H2;1H. The Bertz CT molecular complexity index is 519. The third-order valence-corrected chi connectivity index (χ3v) is 5.54. The summed E-state index contributed by atoms with van der Waals surface area (Å²) < 4.78 is 32.2. The summed E-state index contributed by atoms with van der Waals surface area (Å²) in [4.78, 5) is 0. The Morgan fingerprint density at radius 1 is 1.23 bits per heavy atom. The molecule has 1 atom stereocenters. The van der Waals surface area contributed by atoms with Crippen LogP contribution < -0.4 is 5.73 Å². The number of nitrogens with two attached hydrogens (primary N) is 1. The highest BCUT2D eigenvalue weighted by Gasteiger charge is 2.27. The van der Waals surface area contributed by atoms with Crippen molar-refractivity contribution in [1.29, 1.82) is 0 Å². The molecule has 0 saturated carbocycles. The lowest BCUT2D eigenvalue weighted by molar-refractivity contribution is 0.0298. The van der Waals surface area contributed by atoms with Crippen molar-refractivity contribution in [2.45, 2.75) is 31.9 Å². The average molecular weight is 349 g/mol. The maximum Gasteiger partial charge on any atom is 0.217 e. The smallest absolute Gasteiger partial charge is 0.217 e. The Labute approximate surface area is 139 Å². The molecule has 2 N–H and O–H groups in total. The van der Waals surface area contributed by atoms with Crippen LogP contribution in [0.15, 0.2) is 30.3 Å². The van der Waals surface area contributed by atoms with Crippen molar-refractivity contribution in [1.82, 2.24) is 4.31 Å². The zero-order valence-electron chi connectivity index (χ0n) is 12.7. The highest BCUT2D eigenvalue weighted by molar-refractivity contribution is 7.89. The van der Waals surface area contributed by atoms with E-state index in [1.54, 1.807) is 0 Å². The van der Waals surface area contributed by atoms with Gasteiger partial charge in [-0.15, -0.1) is 12.4 Å². The van der Waals surface area contributed by atoms with E-state index in [0.29, 0.717) is 26.2 Å². The van der Waals surface area contributed by atoms with Crippen LogP contribution in [0.2, 0.25) is 0 Å². The summed E-state index contributed by atoms with van der Waals surface area (Å²) >= 11 is 0. The van der Waals surface area contributed by atoms with Crippen LogP contribution in [0.1, 0.15) is 24.8 Å². The summed E-state index contributed by atoms with van der Waals surface area (Å²) in [5.74, 6) is 0.0554. The van der Waals surface area contributed by atoms with Gasteiger partial charge < -0.3 is 10.5 Å². The van der Waals surface area contributed by atoms with Gasteiger partial charge in [-0.2, -0.15) is 4.31 Å². The van der Waals surface area contributed by atoms with Gasteiger partial charge in [0, 0.05) is 26.2 Å². The fraction of sp³-hybridized carbons (Fsp3) is 0.600. The van der Waals surface area contributed by atoms with Crippen molar-refractivity contribution in [3.05, 3.63) is 35.9 Å². The maximum absolute atomic E-state index is 12.6. The van der Waals surface area contributed by atoms with Crippen molar-refractivity contribution in [2.24, 2.45) is 5.73 Å². The third-order valence-electron chi connectivity index (χ3n) is 3.64. The Hall–Kier alpha value is -0.660. The number of halogens is 1. The molecule has 1 aromatic rings. The van der Waals surface area contributed by atoms with E-state index in [-0.39, 0.29) is 24.3 Å². The molecule has 1 saturated heterocycles. The van der Waals surface area contributed by atoms with Crippen LogP contribution in [-0.2, 0) is 21.3 Å². The minimum atomic E-state index is -3.35. The number of nitrogens with zero attached hydrogens (tertiary/aromatic N) is 1. The lowest BCUT2D eigenvalue weighted by Gasteiger charge is -2.27. The summed E-state index contributed by atoms with van der Waals surface area (Å²) in [7, 11) is -3.35. The topological polar surface area (TPSA) is 72.6 Å². The molecule has 0 spiro atoms. The molecule has 22 heavy (non-hydrogen) atoms. The lowest BCUT2D eigenvalue weighted by atomic mass is 10.1. The van der Waals surface area contributed by atoms with Gasteiger partial charge in [0.15, 0.2) is 0 Å². The van der Waals surface area contributed by atoms with Crippen LogP contribution in [0.4, 0.5) is 0 Å². The van der Waals surface area contributed by atoms with E-state index in [2.05, 4.69) is 0 Å². The van der Waals surface area contributed by atoms with E-state index in [1.165, 1.54) is 4.31 Å². The zero-order valence-corrected chi connectivity index (χ0v) is 14.3. The summed E-state index contributed by atoms with van der Waals surface area (Å²) in [5, 5.41) is 0. The van der Waals surface area contributed by atoms with Gasteiger partial charge in [-0.3, -0.25) is 0 Å². The number of benzene rings is 1. The molecular formula is C15H25ClN2O3S. The summed E-state index contributed by atoms with van der Waals surface area (Å²) in [5.41, 5.74) is 6.55. The Balaban J connectivity index is 0.00000242. The van der Waals surface area contributed by atoms with Gasteiger partial charge in [-0.25, -0.2) is 8.42 Å². The highest BCUT2D eigenvalue weighted by atomic mass is 35.5. The largest absolute Gasteiger partial charge is 0.377 e. The minimum Gasteiger partial charge on any atom is -0.377 e. The van der Waals surface area contributed by atoms with Gasteiger partial charge in [0.1, 0.15) is 0 Å². The molecule has 1 unspecified atom stereocenters. The van der Waals surface area contributed by atoms with E-state index in [4.69, 9.17) is 10.5 Å². The van der Waals surface area contributed by atoms with Gasteiger partial charge in [-0.1, -0.05) is 30.3 Å². The number of hydrogen-bond acceptors (Lipinski definition) is 4. The molecule has 1 aliphatic rings.